The van der Waals surface area contributed by atoms with E-state index in [1.54, 1.807) is 0 Å². The minimum Gasteiger partial charge on any atom is -0.481 e. The summed E-state index contributed by atoms with van der Waals surface area (Å²) in [5.41, 5.74) is -0.571. The summed E-state index contributed by atoms with van der Waals surface area (Å²) in [7, 11) is 0. The molecule has 0 bridgehead atoms. The van der Waals surface area contributed by atoms with E-state index in [0.717, 1.165) is 50.5 Å². The van der Waals surface area contributed by atoms with Crippen LogP contribution >= 0.6 is 0 Å². The number of carboxylic acids is 1. The number of allylic oxidation sites excluding steroid dienone is 4. The minimum atomic E-state index is -0.755. The van der Waals surface area contributed by atoms with E-state index in [4.69, 9.17) is 0 Å². The molecule has 200 valence electrons. The van der Waals surface area contributed by atoms with Crippen molar-refractivity contribution in [3.63, 3.8) is 0 Å². The lowest BCUT2D eigenvalue weighted by Gasteiger charge is -2.69. The molecule has 8 atom stereocenters. The first-order valence-electron chi connectivity index (χ1n) is 14.1. The fraction of sp³-hybridized carbons (Fsp3) is 0.750. The van der Waals surface area contributed by atoms with Crippen LogP contribution in [0.15, 0.2) is 23.3 Å². The van der Waals surface area contributed by atoms with Gasteiger partial charge in [-0.05, 0) is 84.5 Å². The molecule has 0 aromatic rings. The van der Waals surface area contributed by atoms with E-state index in [2.05, 4.69) is 40.7 Å². The molecule has 5 aliphatic rings. The number of carbonyl (C=O) groups is 3. The van der Waals surface area contributed by atoms with Gasteiger partial charge >= 0.3 is 5.97 Å². The molecule has 0 aromatic carbocycles. The molecule has 37 heavy (non-hydrogen) atoms. The van der Waals surface area contributed by atoms with Crippen molar-refractivity contribution in [1.82, 2.24) is 0 Å². The average molecular weight is 506 g/mol. The quantitative estimate of drug-likeness (QED) is 0.451. The summed E-state index contributed by atoms with van der Waals surface area (Å²) < 4.78 is 0. The molecule has 5 heteroatoms. The molecule has 1 N–H and O–H groups in total. The Bertz CT molecular complexity index is 1200. The molecular weight excluding hydrogens is 462 g/mol. The van der Waals surface area contributed by atoms with Crippen LogP contribution in [0.1, 0.15) is 99.8 Å². The van der Waals surface area contributed by atoms with Crippen LogP contribution in [0.3, 0.4) is 0 Å². The van der Waals surface area contributed by atoms with Crippen LogP contribution < -0.4 is 0 Å². The smallest absolute Gasteiger partial charge is 0.303 e. The molecular formula is C32H43NO4. The van der Waals surface area contributed by atoms with E-state index in [0.29, 0.717) is 0 Å². The van der Waals surface area contributed by atoms with Crippen molar-refractivity contribution in [3.05, 3.63) is 23.3 Å². The molecule has 0 aromatic heterocycles. The van der Waals surface area contributed by atoms with Crippen LogP contribution in [0.2, 0.25) is 0 Å². The number of hydrogen-bond acceptors (Lipinski definition) is 4. The fourth-order valence-corrected chi connectivity index (χ4v) is 10.3. The SMILES string of the molecule is CC1(C)C(=O)C(C#N)=C[C@]2(C)C3=CC(=O)[C@@H]4[C@@H]5C[C@@](C)(CC(=O)O)CC[C@]5(C)CC[C@@]4(C)[C@]3(C)CC[C@@H]12. The van der Waals surface area contributed by atoms with Crippen LogP contribution in [-0.4, -0.2) is 22.6 Å². The number of nitrogens with zero attached hydrogens (tertiary/aromatic N) is 1. The number of nitriles is 1. The molecule has 5 nitrogen and oxygen atoms in total. The van der Waals surface area contributed by atoms with Gasteiger partial charge in [0.05, 0.1) is 12.0 Å². The Balaban J connectivity index is 1.65. The van der Waals surface area contributed by atoms with Gasteiger partial charge in [0.2, 0.25) is 0 Å². The van der Waals surface area contributed by atoms with Crippen molar-refractivity contribution >= 4 is 17.5 Å². The number of carboxylic acid groups (broad SMARTS) is 1. The topological polar surface area (TPSA) is 95.2 Å². The third kappa shape index (κ3) is 3.29. The first kappa shape index (κ1) is 26.4. The highest BCUT2D eigenvalue weighted by molar-refractivity contribution is 6.04. The number of hydrogen-bond donors (Lipinski definition) is 1. The second-order valence-corrected chi connectivity index (χ2v) is 15.1. The summed E-state index contributed by atoms with van der Waals surface area (Å²) in [5.74, 6) is -0.595. The van der Waals surface area contributed by atoms with Gasteiger partial charge in [-0.1, -0.05) is 60.1 Å². The number of ketones is 2. The summed E-state index contributed by atoms with van der Waals surface area (Å²) in [6.07, 6.45) is 10.4. The molecule has 0 aliphatic heterocycles. The van der Waals surface area contributed by atoms with Gasteiger partial charge in [0.15, 0.2) is 11.6 Å². The molecule has 0 amide bonds. The van der Waals surface area contributed by atoms with E-state index in [1.165, 1.54) is 0 Å². The van der Waals surface area contributed by atoms with Gasteiger partial charge in [-0.2, -0.15) is 5.26 Å². The van der Waals surface area contributed by atoms with E-state index >= 15 is 0 Å². The van der Waals surface area contributed by atoms with Gasteiger partial charge in [0.1, 0.15) is 6.07 Å². The number of aliphatic carboxylic acids is 1. The predicted octanol–water partition coefficient (Wildman–Crippen LogP) is 6.68. The van der Waals surface area contributed by atoms with Crippen LogP contribution in [0.5, 0.6) is 0 Å². The standard InChI is InChI=1S/C32H43NO4/c1-27(2)22-8-9-31(6)23(30(22,5)15-19(18-33)26(27)37)14-21(34)25-20-16-28(3,17-24(35)36)10-11-29(20,4)12-13-32(25,31)7/h14-15,20,22,25H,8-13,16-17H2,1-7H3,(H,35,36)/t20-,22-,25-,28-,29+,30-,31+,32+/m0/s1. The van der Waals surface area contributed by atoms with Crippen molar-refractivity contribution in [2.45, 2.75) is 99.8 Å². The highest BCUT2D eigenvalue weighted by Gasteiger charge is 2.69. The second-order valence-electron chi connectivity index (χ2n) is 15.1. The summed E-state index contributed by atoms with van der Waals surface area (Å²) in [5, 5.41) is 19.5. The van der Waals surface area contributed by atoms with Gasteiger partial charge in [-0.3, -0.25) is 14.4 Å². The maximum Gasteiger partial charge on any atom is 0.303 e. The molecule has 0 radical (unpaired) electrons. The van der Waals surface area contributed by atoms with Gasteiger partial charge in [-0.15, -0.1) is 0 Å². The lowest BCUT2D eigenvalue weighted by atomic mass is 9.34. The summed E-state index contributed by atoms with van der Waals surface area (Å²) in [6.45, 7) is 15.2. The number of rotatable bonds is 2. The lowest BCUT2D eigenvalue weighted by Crippen LogP contribution is -2.64. The Morgan fingerprint density at radius 1 is 1.03 bits per heavy atom. The summed E-state index contributed by atoms with van der Waals surface area (Å²) >= 11 is 0. The minimum absolute atomic E-state index is 0.0410. The number of Topliss-reactive ketones (excluding diaryl/α,β-unsaturated/α-hetero) is 1. The van der Waals surface area contributed by atoms with Crippen molar-refractivity contribution in [1.29, 1.82) is 5.26 Å². The highest BCUT2D eigenvalue weighted by Crippen LogP contribution is 2.74. The van der Waals surface area contributed by atoms with Crippen LogP contribution in [-0.2, 0) is 14.4 Å². The predicted molar refractivity (Wildman–Crippen MR) is 141 cm³/mol. The molecule has 0 spiro atoms. The van der Waals surface area contributed by atoms with Crippen molar-refractivity contribution < 1.29 is 19.5 Å². The van der Waals surface area contributed by atoms with Gasteiger partial charge in [0, 0.05) is 16.7 Å². The second kappa shape index (κ2) is 7.67. The lowest BCUT2D eigenvalue weighted by molar-refractivity contribution is -0.170. The zero-order chi connectivity index (χ0) is 27.4. The van der Waals surface area contributed by atoms with E-state index < -0.39 is 16.8 Å². The third-order valence-corrected chi connectivity index (χ3v) is 12.7. The normalized spacial score (nSPS) is 48.3. The maximum atomic E-state index is 14.3. The molecule has 3 fully saturated rings. The highest BCUT2D eigenvalue weighted by atomic mass is 16.4. The molecule has 3 saturated carbocycles. The Kier molecular flexibility index (Phi) is 5.47. The first-order chi connectivity index (χ1) is 17.0. The first-order valence-corrected chi connectivity index (χ1v) is 14.1. The van der Waals surface area contributed by atoms with Crippen molar-refractivity contribution in [3.8, 4) is 6.07 Å². The van der Waals surface area contributed by atoms with E-state index in [1.807, 2.05) is 26.0 Å². The zero-order valence-corrected chi connectivity index (χ0v) is 23.7. The fourth-order valence-electron chi connectivity index (χ4n) is 10.3. The number of carbonyl (C=O) groups excluding carboxylic acids is 2. The van der Waals surface area contributed by atoms with E-state index in [9.17, 15) is 24.8 Å². The van der Waals surface area contributed by atoms with Crippen molar-refractivity contribution in [2.24, 2.45) is 50.2 Å². The summed E-state index contributed by atoms with van der Waals surface area (Å²) in [4.78, 5) is 39.2. The third-order valence-electron chi connectivity index (χ3n) is 12.7. The Hall–Kier alpha value is -2.22. The Morgan fingerprint density at radius 3 is 2.30 bits per heavy atom. The van der Waals surface area contributed by atoms with Crippen LogP contribution in [0.25, 0.3) is 0 Å². The van der Waals surface area contributed by atoms with Gasteiger partial charge in [-0.25, -0.2) is 0 Å². The largest absolute Gasteiger partial charge is 0.481 e. The average Bonchev–Trinajstić information content (AvgIpc) is 2.79. The van der Waals surface area contributed by atoms with E-state index in [-0.39, 0.29) is 63.0 Å². The van der Waals surface area contributed by atoms with Gasteiger partial charge in [0.25, 0.3) is 0 Å². The molecule has 0 saturated heterocycles. The van der Waals surface area contributed by atoms with Crippen molar-refractivity contribution in [2.75, 3.05) is 0 Å². The van der Waals surface area contributed by atoms with Crippen LogP contribution in [0.4, 0.5) is 0 Å². The molecule has 5 rings (SSSR count). The number of fused-ring (bicyclic) bond motifs is 7. The van der Waals surface area contributed by atoms with Gasteiger partial charge < -0.3 is 5.11 Å². The maximum absolute atomic E-state index is 14.3. The Morgan fingerprint density at radius 2 is 1.68 bits per heavy atom. The summed E-state index contributed by atoms with van der Waals surface area (Å²) in [6, 6.07) is 2.17. The van der Waals surface area contributed by atoms with Crippen LogP contribution in [0, 0.1) is 61.6 Å². The Labute approximate surface area is 221 Å². The molecule has 0 heterocycles. The molecule has 5 aliphatic carbocycles. The monoisotopic (exact) mass is 505 g/mol. The zero-order valence-electron chi connectivity index (χ0n) is 23.7. The molecule has 0 unspecified atom stereocenters.